The molecule has 0 amide bonds. The van der Waals surface area contributed by atoms with Gasteiger partial charge in [0, 0.05) is 6.42 Å². The molecule has 2 aromatic rings. The van der Waals surface area contributed by atoms with Crippen LogP contribution in [-0.4, -0.2) is 5.97 Å². The molecular weight excluding hydrogens is 320 g/mol. The molecule has 1 aliphatic carbocycles. The summed E-state index contributed by atoms with van der Waals surface area (Å²) < 4.78 is 5.43. The van der Waals surface area contributed by atoms with Crippen molar-refractivity contribution in [2.45, 2.75) is 65.2 Å². The van der Waals surface area contributed by atoms with Gasteiger partial charge in [-0.05, 0) is 66.0 Å². The summed E-state index contributed by atoms with van der Waals surface area (Å²) in [6.45, 7) is 4.43. The predicted molar refractivity (Wildman–Crippen MR) is 107 cm³/mol. The van der Waals surface area contributed by atoms with Gasteiger partial charge in [0.25, 0.3) is 0 Å². The Morgan fingerprint density at radius 2 is 1.77 bits per heavy atom. The lowest BCUT2D eigenvalue weighted by molar-refractivity contribution is -0.134. The van der Waals surface area contributed by atoms with Crippen LogP contribution in [0.5, 0.6) is 5.75 Å². The Kier molecular flexibility index (Phi) is 6.49. The van der Waals surface area contributed by atoms with Gasteiger partial charge < -0.3 is 4.74 Å². The normalized spacial score (nSPS) is 16.2. The summed E-state index contributed by atoms with van der Waals surface area (Å²) in [5.74, 6) is 1.35. The molecule has 3 rings (SSSR count). The molecule has 2 aromatic carbocycles. The van der Waals surface area contributed by atoms with Crippen LogP contribution in [0.2, 0.25) is 0 Å². The lowest BCUT2D eigenvalue weighted by atomic mass is 9.81. The zero-order chi connectivity index (χ0) is 18.4. The van der Waals surface area contributed by atoms with E-state index in [4.69, 9.17) is 4.74 Å². The molecule has 138 valence electrons. The molecule has 26 heavy (non-hydrogen) atoms. The van der Waals surface area contributed by atoms with E-state index in [0.717, 1.165) is 25.2 Å². The summed E-state index contributed by atoms with van der Waals surface area (Å²) in [5, 5.41) is 0. The molecule has 1 unspecified atom stereocenters. The maximum atomic E-state index is 11.8. The topological polar surface area (TPSA) is 26.3 Å². The van der Waals surface area contributed by atoms with E-state index >= 15 is 0 Å². The van der Waals surface area contributed by atoms with E-state index < -0.39 is 0 Å². The summed E-state index contributed by atoms with van der Waals surface area (Å²) >= 11 is 0. The molecule has 0 spiro atoms. The second kappa shape index (κ2) is 9.02. The Bertz CT molecular complexity index is 730. The van der Waals surface area contributed by atoms with Gasteiger partial charge in [-0.2, -0.15) is 0 Å². The molecule has 0 radical (unpaired) electrons. The van der Waals surface area contributed by atoms with Crippen molar-refractivity contribution in [3.63, 3.8) is 0 Å². The van der Waals surface area contributed by atoms with Gasteiger partial charge in [-0.3, -0.25) is 4.79 Å². The average molecular weight is 351 g/mol. The van der Waals surface area contributed by atoms with Crippen molar-refractivity contribution < 1.29 is 9.53 Å². The van der Waals surface area contributed by atoms with Crippen LogP contribution in [0.3, 0.4) is 0 Å². The molecule has 0 bridgehead atoms. The number of esters is 1. The minimum absolute atomic E-state index is 0.134. The number of fused-ring (bicyclic) bond motifs is 1. The first-order valence-electron chi connectivity index (χ1n) is 10.1. The summed E-state index contributed by atoms with van der Waals surface area (Å²) in [4.78, 5) is 11.8. The first-order valence-corrected chi connectivity index (χ1v) is 10.1. The number of ether oxygens (including phenoxy) is 1. The Labute approximate surface area is 157 Å². The van der Waals surface area contributed by atoms with Crippen LogP contribution in [0.15, 0.2) is 42.5 Å². The molecule has 0 heterocycles. The molecule has 0 N–H and O–H groups in total. The van der Waals surface area contributed by atoms with E-state index in [1.165, 1.54) is 47.9 Å². The zero-order valence-corrected chi connectivity index (χ0v) is 16.1. The third kappa shape index (κ3) is 4.75. The van der Waals surface area contributed by atoms with Gasteiger partial charge in [0.1, 0.15) is 5.75 Å². The molecule has 2 nitrogen and oxygen atoms in total. The Morgan fingerprint density at radius 3 is 2.50 bits per heavy atom. The zero-order valence-electron chi connectivity index (χ0n) is 16.1. The van der Waals surface area contributed by atoms with Gasteiger partial charge in [0.15, 0.2) is 0 Å². The van der Waals surface area contributed by atoms with Gasteiger partial charge in [0.2, 0.25) is 0 Å². The summed E-state index contributed by atoms with van der Waals surface area (Å²) in [6, 6.07) is 14.8. The second-order valence-electron chi connectivity index (χ2n) is 7.46. The van der Waals surface area contributed by atoms with Crippen LogP contribution in [-0.2, 0) is 17.6 Å². The minimum Gasteiger partial charge on any atom is -0.427 e. The number of aryl methyl sites for hydroxylation is 1. The lowest BCUT2D eigenvalue weighted by Crippen LogP contribution is -2.13. The lowest BCUT2D eigenvalue weighted by Gasteiger charge is -2.24. The number of carbonyl (C=O) groups excluding carboxylic acids is 1. The van der Waals surface area contributed by atoms with Crippen LogP contribution in [0.1, 0.15) is 63.5 Å². The van der Waals surface area contributed by atoms with E-state index in [0.29, 0.717) is 12.2 Å². The molecule has 0 saturated carbocycles. The van der Waals surface area contributed by atoms with E-state index in [2.05, 4.69) is 32.0 Å². The van der Waals surface area contributed by atoms with Crippen LogP contribution >= 0.6 is 0 Å². The smallest absolute Gasteiger partial charge is 0.311 e. The summed E-state index contributed by atoms with van der Waals surface area (Å²) in [6.07, 6.45) is 8.59. The van der Waals surface area contributed by atoms with E-state index in [9.17, 15) is 4.79 Å². The highest BCUT2D eigenvalue weighted by Gasteiger charge is 2.17. The molecule has 0 fully saturated rings. The van der Waals surface area contributed by atoms with Gasteiger partial charge in [-0.15, -0.1) is 0 Å². The van der Waals surface area contributed by atoms with Crippen molar-refractivity contribution >= 4 is 5.97 Å². The van der Waals surface area contributed by atoms with Crippen LogP contribution in [0.25, 0.3) is 11.1 Å². The first kappa shape index (κ1) is 18.7. The molecule has 0 saturated heterocycles. The van der Waals surface area contributed by atoms with E-state index in [-0.39, 0.29) is 5.97 Å². The number of unbranched alkanes of at least 4 members (excludes halogenated alkanes) is 2. The van der Waals surface area contributed by atoms with E-state index in [1.54, 1.807) is 0 Å². The minimum atomic E-state index is -0.134. The molecule has 1 atom stereocenters. The Balaban J connectivity index is 1.64. The average Bonchev–Trinajstić information content (AvgIpc) is 2.68. The van der Waals surface area contributed by atoms with Gasteiger partial charge >= 0.3 is 5.97 Å². The van der Waals surface area contributed by atoms with Crippen LogP contribution < -0.4 is 4.74 Å². The predicted octanol–water partition coefficient (Wildman–Crippen LogP) is 6.35. The first-order chi connectivity index (χ1) is 12.7. The molecule has 0 aromatic heterocycles. The van der Waals surface area contributed by atoms with Crippen molar-refractivity contribution in [3.05, 3.63) is 53.6 Å². The number of benzene rings is 2. The molecule has 1 aliphatic rings. The fraction of sp³-hybridized carbons (Fsp3) is 0.458. The number of hydrogen-bond donors (Lipinski definition) is 0. The fourth-order valence-corrected chi connectivity index (χ4v) is 3.78. The number of carbonyl (C=O) groups is 1. The maximum Gasteiger partial charge on any atom is 0.311 e. The van der Waals surface area contributed by atoms with Crippen molar-refractivity contribution in [1.82, 2.24) is 0 Å². The maximum absolute atomic E-state index is 11.8. The standard InChI is InChI=1S/C24H30O2/c1-3-5-6-7-24(25)26-23-14-12-19(13-15-23)21-11-10-20-16-18(4-2)8-9-22(20)17-21/h10-15,17-18H,3-9,16H2,1-2H3. The summed E-state index contributed by atoms with van der Waals surface area (Å²) in [5.41, 5.74) is 5.44. The Morgan fingerprint density at radius 1 is 1.00 bits per heavy atom. The monoisotopic (exact) mass is 350 g/mol. The van der Waals surface area contributed by atoms with Crippen LogP contribution in [0.4, 0.5) is 0 Å². The largest absolute Gasteiger partial charge is 0.427 e. The number of hydrogen-bond acceptors (Lipinski definition) is 2. The molecule has 2 heteroatoms. The Hall–Kier alpha value is -2.09. The molecular formula is C24H30O2. The highest BCUT2D eigenvalue weighted by atomic mass is 16.5. The van der Waals surface area contributed by atoms with E-state index in [1.807, 2.05) is 24.3 Å². The fourth-order valence-electron chi connectivity index (χ4n) is 3.78. The quantitative estimate of drug-likeness (QED) is 0.330. The van der Waals surface area contributed by atoms with Gasteiger partial charge in [-0.25, -0.2) is 0 Å². The van der Waals surface area contributed by atoms with Crippen LogP contribution in [0, 0.1) is 5.92 Å². The third-order valence-corrected chi connectivity index (χ3v) is 5.52. The van der Waals surface area contributed by atoms with Crippen molar-refractivity contribution in [2.24, 2.45) is 5.92 Å². The van der Waals surface area contributed by atoms with Gasteiger partial charge in [-0.1, -0.05) is 63.4 Å². The summed E-state index contributed by atoms with van der Waals surface area (Å²) in [7, 11) is 0. The van der Waals surface area contributed by atoms with Crippen molar-refractivity contribution in [3.8, 4) is 16.9 Å². The van der Waals surface area contributed by atoms with Gasteiger partial charge in [0.05, 0.1) is 0 Å². The highest BCUT2D eigenvalue weighted by Crippen LogP contribution is 2.31. The highest BCUT2D eigenvalue weighted by molar-refractivity contribution is 5.73. The SMILES string of the molecule is CCCCCC(=O)Oc1ccc(-c2ccc3c(c2)CCC(CC)C3)cc1. The molecule has 0 aliphatic heterocycles. The second-order valence-corrected chi connectivity index (χ2v) is 7.46. The van der Waals surface area contributed by atoms with Crippen molar-refractivity contribution in [2.75, 3.05) is 0 Å². The number of rotatable bonds is 7. The van der Waals surface area contributed by atoms with Crippen molar-refractivity contribution in [1.29, 1.82) is 0 Å². The third-order valence-electron chi connectivity index (χ3n) is 5.52.